The van der Waals surface area contributed by atoms with Gasteiger partial charge in [0.1, 0.15) is 24.9 Å². The lowest BCUT2D eigenvalue weighted by Crippen LogP contribution is -2.39. The molecular formula is C40H40N6O4. The summed E-state index contributed by atoms with van der Waals surface area (Å²) in [5.74, 6) is 1.56. The molecule has 0 aliphatic carbocycles. The van der Waals surface area contributed by atoms with E-state index in [9.17, 15) is 9.59 Å². The molecule has 2 aliphatic heterocycles. The second-order valence-electron chi connectivity index (χ2n) is 13.2. The summed E-state index contributed by atoms with van der Waals surface area (Å²) < 4.78 is 11.4. The van der Waals surface area contributed by atoms with E-state index in [2.05, 4.69) is 34.2 Å². The minimum atomic E-state index is -0.313. The Labute approximate surface area is 290 Å². The Balaban J connectivity index is 0.989. The molecule has 8 rings (SSSR count). The van der Waals surface area contributed by atoms with Crippen molar-refractivity contribution in [2.75, 3.05) is 13.1 Å². The topological polar surface area (TPSA) is 116 Å². The van der Waals surface area contributed by atoms with E-state index >= 15 is 0 Å². The third-order valence-corrected chi connectivity index (χ3v) is 9.85. The number of benzene rings is 4. The van der Waals surface area contributed by atoms with E-state index in [1.807, 2.05) is 82.6 Å². The van der Waals surface area contributed by atoms with Crippen molar-refractivity contribution in [2.24, 2.45) is 0 Å². The van der Waals surface area contributed by atoms with Gasteiger partial charge in [-0.25, -0.2) is 19.6 Å². The molecule has 0 unspecified atom stereocenters. The van der Waals surface area contributed by atoms with E-state index in [4.69, 9.17) is 19.4 Å². The molecule has 10 heteroatoms. The Hall–Kier alpha value is -5.64. The van der Waals surface area contributed by atoms with Crippen molar-refractivity contribution >= 4 is 34.3 Å². The van der Waals surface area contributed by atoms with Gasteiger partial charge >= 0.3 is 12.2 Å². The van der Waals surface area contributed by atoms with E-state index in [1.165, 1.54) is 0 Å². The van der Waals surface area contributed by atoms with Crippen LogP contribution in [0.4, 0.5) is 9.59 Å². The molecule has 4 aromatic carbocycles. The number of ether oxygens (including phenoxy) is 2. The second kappa shape index (κ2) is 14.1. The molecule has 2 atom stereocenters. The van der Waals surface area contributed by atoms with Crippen molar-refractivity contribution in [2.45, 2.75) is 63.8 Å². The van der Waals surface area contributed by atoms with E-state index in [1.54, 1.807) is 0 Å². The van der Waals surface area contributed by atoms with Gasteiger partial charge in [-0.1, -0.05) is 72.8 Å². The molecule has 4 heterocycles. The van der Waals surface area contributed by atoms with Crippen molar-refractivity contribution < 1.29 is 19.1 Å². The van der Waals surface area contributed by atoms with Gasteiger partial charge in [-0.15, -0.1) is 0 Å². The van der Waals surface area contributed by atoms with Crippen LogP contribution in [0.1, 0.15) is 73.4 Å². The summed E-state index contributed by atoms with van der Waals surface area (Å²) in [5.41, 5.74) is 7.54. The van der Waals surface area contributed by atoms with Crippen molar-refractivity contribution in [3.8, 4) is 11.1 Å². The quantitative estimate of drug-likeness (QED) is 0.176. The van der Waals surface area contributed by atoms with Crippen LogP contribution in [0.15, 0.2) is 97.1 Å². The molecule has 2 amide bonds. The van der Waals surface area contributed by atoms with Crippen LogP contribution in [0, 0.1) is 0 Å². The monoisotopic (exact) mass is 668 g/mol. The SMILES string of the molecule is O=C(OCc1ccccc1)N1CCCC[C@H]1c1nc2ccc(-c3ccc4nc([C@@H]5CCCCN5C(=O)OCc5ccccc5)[nH]c4c3)cc2[nH]1. The molecule has 2 fully saturated rings. The van der Waals surface area contributed by atoms with Crippen LogP contribution in [0.5, 0.6) is 0 Å². The summed E-state index contributed by atoms with van der Waals surface area (Å²) in [4.78, 5) is 46.9. The molecule has 0 spiro atoms. The molecule has 2 aliphatic rings. The maximum absolute atomic E-state index is 13.2. The van der Waals surface area contributed by atoms with Crippen molar-refractivity contribution in [1.82, 2.24) is 29.7 Å². The van der Waals surface area contributed by atoms with Gasteiger partial charge < -0.3 is 19.4 Å². The zero-order valence-electron chi connectivity index (χ0n) is 27.9. The molecule has 254 valence electrons. The number of carbonyl (C=O) groups excluding carboxylic acids is 2. The highest BCUT2D eigenvalue weighted by Crippen LogP contribution is 2.34. The lowest BCUT2D eigenvalue weighted by molar-refractivity contribution is 0.0655. The second-order valence-corrected chi connectivity index (χ2v) is 13.2. The summed E-state index contributed by atoms with van der Waals surface area (Å²) in [6.07, 6.45) is 4.96. The molecule has 0 radical (unpaired) electrons. The summed E-state index contributed by atoms with van der Waals surface area (Å²) in [7, 11) is 0. The van der Waals surface area contributed by atoms with Crippen molar-refractivity contribution in [3.63, 3.8) is 0 Å². The van der Waals surface area contributed by atoms with Gasteiger partial charge in [0.25, 0.3) is 0 Å². The summed E-state index contributed by atoms with van der Waals surface area (Å²) in [6, 6.07) is 31.6. The third-order valence-electron chi connectivity index (χ3n) is 9.85. The number of amides is 2. The minimum absolute atomic E-state index is 0.169. The number of piperidine rings is 2. The van der Waals surface area contributed by atoms with Crippen LogP contribution in [-0.2, 0) is 22.7 Å². The first-order valence-corrected chi connectivity index (χ1v) is 17.5. The van der Waals surface area contributed by atoms with Gasteiger partial charge in [-0.2, -0.15) is 0 Å². The van der Waals surface area contributed by atoms with Crippen molar-refractivity contribution in [3.05, 3.63) is 120 Å². The van der Waals surface area contributed by atoms with Gasteiger partial charge in [-0.3, -0.25) is 9.80 Å². The lowest BCUT2D eigenvalue weighted by atomic mass is 10.0. The first-order chi connectivity index (χ1) is 24.6. The molecule has 6 aromatic rings. The Morgan fingerprint density at radius 1 is 0.600 bits per heavy atom. The first-order valence-electron chi connectivity index (χ1n) is 17.5. The van der Waals surface area contributed by atoms with Gasteiger partial charge in [0.05, 0.1) is 34.2 Å². The highest BCUT2D eigenvalue weighted by Gasteiger charge is 2.33. The average molecular weight is 669 g/mol. The number of hydrogen-bond donors (Lipinski definition) is 2. The zero-order chi connectivity index (χ0) is 33.9. The van der Waals surface area contributed by atoms with Crippen LogP contribution >= 0.6 is 0 Å². The molecule has 0 saturated carbocycles. The Morgan fingerprint density at radius 3 is 1.48 bits per heavy atom. The largest absolute Gasteiger partial charge is 0.445 e. The maximum atomic E-state index is 13.2. The number of H-pyrrole nitrogens is 2. The zero-order valence-corrected chi connectivity index (χ0v) is 27.9. The number of rotatable bonds is 7. The van der Waals surface area contributed by atoms with Crippen LogP contribution in [0.2, 0.25) is 0 Å². The summed E-state index contributed by atoms with van der Waals surface area (Å²) in [6.45, 7) is 1.77. The molecule has 2 N–H and O–H groups in total. The van der Waals surface area contributed by atoms with Gasteiger partial charge in [-0.05, 0) is 85.0 Å². The number of hydrogen-bond acceptors (Lipinski definition) is 6. The van der Waals surface area contributed by atoms with E-state index < -0.39 is 0 Å². The standard InChI is InChI=1S/C40H40N6O4/c47-39(49-25-27-11-3-1-4-12-27)45-21-9-7-15-35(45)37-41-31-19-17-29(23-33(31)43-37)30-18-20-32-34(24-30)44-38(42-32)36-16-8-10-22-46(36)40(48)50-26-28-13-5-2-6-14-28/h1-6,11-14,17-20,23-24,35-36H,7-10,15-16,21-22,25-26H2,(H,41,43)(H,42,44)/t35-,36-/m0/s1. The number of aromatic amines is 2. The molecule has 10 nitrogen and oxygen atoms in total. The number of carbonyl (C=O) groups is 2. The molecule has 50 heavy (non-hydrogen) atoms. The fourth-order valence-corrected chi connectivity index (χ4v) is 7.21. The maximum Gasteiger partial charge on any atom is 0.410 e. The molecule has 2 aromatic heterocycles. The molecular weight excluding hydrogens is 628 g/mol. The van der Waals surface area contributed by atoms with Gasteiger partial charge in [0.2, 0.25) is 0 Å². The Bertz CT molecular complexity index is 1960. The number of imidazole rings is 2. The van der Waals surface area contributed by atoms with Crippen LogP contribution in [-0.4, -0.2) is 55.0 Å². The molecule has 0 bridgehead atoms. The summed E-state index contributed by atoms with van der Waals surface area (Å²) >= 11 is 0. The first kappa shape index (κ1) is 31.6. The number of fused-ring (bicyclic) bond motifs is 2. The van der Waals surface area contributed by atoms with E-state index in [0.717, 1.165) is 94.5 Å². The lowest BCUT2D eigenvalue weighted by Gasteiger charge is -2.33. The highest BCUT2D eigenvalue weighted by molar-refractivity contribution is 5.86. The fraction of sp³-hybridized carbons (Fsp3) is 0.300. The number of aromatic nitrogens is 4. The summed E-state index contributed by atoms with van der Waals surface area (Å²) in [5, 5.41) is 0. The minimum Gasteiger partial charge on any atom is -0.445 e. The van der Waals surface area contributed by atoms with E-state index in [-0.39, 0.29) is 37.5 Å². The van der Waals surface area contributed by atoms with Gasteiger partial charge in [0, 0.05) is 13.1 Å². The smallest absolute Gasteiger partial charge is 0.410 e. The number of nitrogens with one attached hydrogen (secondary N) is 2. The van der Waals surface area contributed by atoms with Crippen molar-refractivity contribution in [1.29, 1.82) is 0 Å². The Kier molecular flexibility index (Phi) is 8.90. The highest BCUT2D eigenvalue weighted by atomic mass is 16.6. The average Bonchev–Trinajstić information content (AvgIpc) is 3.81. The van der Waals surface area contributed by atoms with Gasteiger partial charge in [0.15, 0.2) is 0 Å². The molecule has 2 saturated heterocycles. The number of likely N-dealkylation sites (tertiary alicyclic amines) is 2. The Morgan fingerprint density at radius 2 is 1.04 bits per heavy atom. The van der Waals surface area contributed by atoms with Crippen LogP contribution < -0.4 is 0 Å². The van der Waals surface area contributed by atoms with Crippen LogP contribution in [0.25, 0.3) is 33.2 Å². The predicted molar refractivity (Wildman–Crippen MR) is 191 cm³/mol. The normalized spacial score (nSPS) is 18.0. The predicted octanol–water partition coefficient (Wildman–Crippen LogP) is 8.83. The third kappa shape index (κ3) is 6.65. The fourth-order valence-electron chi connectivity index (χ4n) is 7.21. The van der Waals surface area contributed by atoms with E-state index in [0.29, 0.717) is 13.1 Å². The van der Waals surface area contributed by atoms with Crippen LogP contribution in [0.3, 0.4) is 0 Å². The number of nitrogens with zero attached hydrogens (tertiary/aromatic N) is 4.